The lowest BCUT2D eigenvalue weighted by atomic mass is 10.3. The number of hydrogen-bond acceptors (Lipinski definition) is 5. The zero-order valence-corrected chi connectivity index (χ0v) is 12.8. The van der Waals surface area contributed by atoms with Gasteiger partial charge in [-0.15, -0.1) is 16.4 Å². The van der Waals surface area contributed by atoms with E-state index >= 15 is 0 Å². The highest BCUT2D eigenvalue weighted by Gasteiger charge is 2.20. The van der Waals surface area contributed by atoms with Crippen molar-refractivity contribution in [3.63, 3.8) is 0 Å². The van der Waals surface area contributed by atoms with Crippen molar-refractivity contribution < 1.29 is 4.79 Å². The molecule has 2 aromatic rings. The lowest BCUT2D eigenvalue weighted by Gasteiger charge is -2.11. The van der Waals surface area contributed by atoms with Crippen molar-refractivity contribution in [2.45, 2.75) is 44.9 Å². The van der Waals surface area contributed by atoms with E-state index in [1.807, 2.05) is 30.6 Å². The molecule has 1 aliphatic rings. The summed E-state index contributed by atoms with van der Waals surface area (Å²) in [6, 6.07) is 4.67. The Kier molecular flexibility index (Phi) is 4.31. The maximum atomic E-state index is 12.0. The molecule has 0 radical (unpaired) electrons. The highest BCUT2D eigenvalue weighted by Crippen LogP contribution is 2.19. The Labute approximate surface area is 127 Å². The van der Waals surface area contributed by atoms with E-state index in [9.17, 15) is 4.79 Å². The van der Waals surface area contributed by atoms with Gasteiger partial charge in [-0.25, -0.2) is 4.68 Å². The second-order valence-corrected chi connectivity index (χ2v) is 6.35. The molecule has 0 aromatic carbocycles. The van der Waals surface area contributed by atoms with E-state index in [1.165, 1.54) is 12.8 Å². The quantitative estimate of drug-likeness (QED) is 0.812. The summed E-state index contributed by atoms with van der Waals surface area (Å²) in [4.78, 5) is 13.1. The van der Waals surface area contributed by atoms with E-state index in [0.29, 0.717) is 6.04 Å². The molecule has 2 N–H and O–H groups in total. The summed E-state index contributed by atoms with van der Waals surface area (Å²) >= 11 is 1.64. The Morgan fingerprint density at radius 1 is 1.57 bits per heavy atom. The molecule has 0 bridgehead atoms. The van der Waals surface area contributed by atoms with E-state index in [2.05, 4.69) is 20.9 Å². The van der Waals surface area contributed by atoms with Crippen LogP contribution in [0.4, 0.5) is 0 Å². The molecule has 0 aliphatic heterocycles. The Morgan fingerprint density at radius 2 is 2.43 bits per heavy atom. The lowest BCUT2D eigenvalue weighted by molar-refractivity contribution is -0.122. The van der Waals surface area contributed by atoms with E-state index in [-0.39, 0.29) is 18.5 Å². The number of nitrogens with zero attached hydrogens (tertiary/aromatic N) is 3. The number of thiophene rings is 1. The number of amides is 1. The van der Waals surface area contributed by atoms with E-state index in [1.54, 1.807) is 16.0 Å². The zero-order valence-electron chi connectivity index (χ0n) is 12.0. The minimum Gasteiger partial charge on any atom is -0.347 e. The first-order valence-corrected chi connectivity index (χ1v) is 8.04. The maximum absolute atomic E-state index is 12.0. The van der Waals surface area contributed by atoms with Gasteiger partial charge in [0.05, 0.1) is 17.9 Å². The molecule has 2 heterocycles. The van der Waals surface area contributed by atoms with Crippen LogP contribution in [0, 0.1) is 0 Å². The van der Waals surface area contributed by atoms with Crippen LogP contribution in [0.5, 0.6) is 0 Å². The minimum atomic E-state index is -0.0532. The Balaban J connectivity index is 1.47. The second-order valence-electron chi connectivity index (χ2n) is 5.37. The number of aromatic nitrogens is 3. The molecule has 2 aromatic heterocycles. The fourth-order valence-electron chi connectivity index (χ4n) is 2.08. The standard InChI is InChI=1S/C14H19N5OS/c1-10(13-3-2-6-21-13)16-14(20)9-19-8-12(17-18-19)7-15-11-4-5-11/h2-3,6,8,10-11,15H,4-5,7,9H2,1H3,(H,16,20). The normalized spacial score (nSPS) is 15.9. The van der Waals surface area contributed by atoms with Crippen LogP contribution in [0.3, 0.4) is 0 Å². The van der Waals surface area contributed by atoms with Gasteiger partial charge in [-0.1, -0.05) is 11.3 Å². The van der Waals surface area contributed by atoms with Crippen molar-refractivity contribution in [1.29, 1.82) is 0 Å². The van der Waals surface area contributed by atoms with Gasteiger partial charge in [0, 0.05) is 17.5 Å². The number of carbonyl (C=O) groups excluding carboxylic acids is 1. The number of hydrogen-bond donors (Lipinski definition) is 2. The van der Waals surface area contributed by atoms with Crippen LogP contribution in [-0.2, 0) is 17.9 Å². The van der Waals surface area contributed by atoms with Crippen molar-refractivity contribution in [2.75, 3.05) is 0 Å². The van der Waals surface area contributed by atoms with Gasteiger partial charge < -0.3 is 10.6 Å². The molecular weight excluding hydrogens is 286 g/mol. The van der Waals surface area contributed by atoms with Crippen molar-refractivity contribution in [3.05, 3.63) is 34.3 Å². The third kappa shape index (κ3) is 4.12. The molecule has 1 saturated carbocycles. The van der Waals surface area contributed by atoms with Crippen LogP contribution >= 0.6 is 11.3 Å². The van der Waals surface area contributed by atoms with E-state index in [4.69, 9.17) is 0 Å². The van der Waals surface area contributed by atoms with Crippen LogP contribution in [0.15, 0.2) is 23.7 Å². The molecule has 1 unspecified atom stereocenters. The third-order valence-corrected chi connectivity index (χ3v) is 4.44. The lowest BCUT2D eigenvalue weighted by Crippen LogP contribution is -2.29. The molecular formula is C14H19N5OS. The van der Waals surface area contributed by atoms with Gasteiger partial charge in [-0.3, -0.25) is 4.79 Å². The molecule has 1 amide bonds. The molecule has 7 heteroatoms. The summed E-state index contributed by atoms with van der Waals surface area (Å²) in [6.45, 7) is 2.90. The maximum Gasteiger partial charge on any atom is 0.242 e. The molecule has 21 heavy (non-hydrogen) atoms. The monoisotopic (exact) mass is 305 g/mol. The minimum absolute atomic E-state index is 0.0250. The van der Waals surface area contributed by atoms with Gasteiger partial charge in [-0.05, 0) is 31.2 Å². The molecule has 6 nitrogen and oxygen atoms in total. The first-order valence-electron chi connectivity index (χ1n) is 7.16. The van der Waals surface area contributed by atoms with Gasteiger partial charge in [0.2, 0.25) is 5.91 Å². The first-order chi connectivity index (χ1) is 10.2. The number of carbonyl (C=O) groups is 1. The fraction of sp³-hybridized carbons (Fsp3) is 0.500. The molecule has 0 saturated heterocycles. The topological polar surface area (TPSA) is 71.8 Å². The summed E-state index contributed by atoms with van der Waals surface area (Å²) in [5, 5.41) is 16.4. The van der Waals surface area contributed by atoms with Crippen LogP contribution in [0.25, 0.3) is 0 Å². The highest BCUT2D eigenvalue weighted by atomic mass is 32.1. The van der Waals surface area contributed by atoms with Gasteiger partial charge in [0.15, 0.2) is 0 Å². The van der Waals surface area contributed by atoms with Crippen LogP contribution in [0.1, 0.15) is 36.4 Å². The van der Waals surface area contributed by atoms with E-state index in [0.717, 1.165) is 17.1 Å². The Morgan fingerprint density at radius 3 is 3.14 bits per heavy atom. The number of rotatable bonds is 7. The SMILES string of the molecule is CC(NC(=O)Cn1cc(CNC2CC2)nn1)c1cccs1. The molecule has 1 atom stereocenters. The highest BCUT2D eigenvalue weighted by molar-refractivity contribution is 7.10. The summed E-state index contributed by atoms with van der Waals surface area (Å²) < 4.78 is 1.58. The molecule has 1 aliphatic carbocycles. The summed E-state index contributed by atoms with van der Waals surface area (Å²) in [5.41, 5.74) is 0.876. The van der Waals surface area contributed by atoms with Gasteiger partial charge in [0.1, 0.15) is 6.54 Å². The van der Waals surface area contributed by atoms with Crippen LogP contribution in [-0.4, -0.2) is 26.9 Å². The van der Waals surface area contributed by atoms with Crippen molar-refractivity contribution in [1.82, 2.24) is 25.6 Å². The Bertz CT molecular complexity index is 590. The predicted octanol–water partition coefficient (Wildman–Crippen LogP) is 1.47. The number of nitrogens with one attached hydrogen (secondary N) is 2. The van der Waals surface area contributed by atoms with Crippen LogP contribution in [0.2, 0.25) is 0 Å². The smallest absolute Gasteiger partial charge is 0.242 e. The first kappa shape index (κ1) is 14.2. The third-order valence-electron chi connectivity index (χ3n) is 3.39. The average molecular weight is 305 g/mol. The van der Waals surface area contributed by atoms with Crippen molar-refractivity contribution >= 4 is 17.2 Å². The van der Waals surface area contributed by atoms with Gasteiger partial charge in [0.25, 0.3) is 0 Å². The van der Waals surface area contributed by atoms with Gasteiger partial charge in [-0.2, -0.15) is 0 Å². The Hall–Kier alpha value is -1.73. The molecule has 0 spiro atoms. The summed E-state index contributed by atoms with van der Waals surface area (Å²) in [7, 11) is 0. The predicted molar refractivity (Wildman–Crippen MR) is 80.8 cm³/mol. The summed E-state index contributed by atoms with van der Waals surface area (Å²) in [6.07, 6.45) is 4.32. The fourth-order valence-corrected chi connectivity index (χ4v) is 2.81. The second kappa shape index (κ2) is 6.36. The van der Waals surface area contributed by atoms with Crippen LogP contribution < -0.4 is 10.6 Å². The van der Waals surface area contributed by atoms with Crippen molar-refractivity contribution in [2.24, 2.45) is 0 Å². The largest absolute Gasteiger partial charge is 0.347 e. The zero-order chi connectivity index (χ0) is 14.7. The molecule has 1 fully saturated rings. The van der Waals surface area contributed by atoms with Gasteiger partial charge >= 0.3 is 0 Å². The molecule has 112 valence electrons. The van der Waals surface area contributed by atoms with Crippen molar-refractivity contribution in [3.8, 4) is 0 Å². The average Bonchev–Trinajstić information content (AvgIpc) is 2.95. The molecule has 3 rings (SSSR count). The summed E-state index contributed by atoms with van der Waals surface area (Å²) in [5.74, 6) is -0.0532. The van der Waals surface area contributed by atoms with E-state index < -0.39 is 0 Å².